The van der Waals surface area contributed by atoms with Crippen molar-refractivity contribution in [2.24, 2.45) is 0 Å². The number of rotatable bonds is 3. The first kappa shape index (κ1) is 13.3. The van der Waals surface area contributed by atoms with Gasteiger partial charge in [-0.15, -0.1) is 0 Å². The second-order valence-corrected chi connectivity index (χ2v) is 4.19. The highest BCUT2D eigenvalue weighted by atomic mass is 19.3. The van der Waals surface area contributed by atoms with Gasteiger partial charge in [0.25, 0.3) is 5.91 Å². The standard InChI is InChI=1S/C13H12F2N2O2/c14-13(15)19-11-5-1-3-9(7-11)12(18)17-6-2-4-10(17)8-16/h1,3,5,7,10,13H,2,4,6H2. The second kappa shape index (κ2) is 5.65. The smallest absolute Gasteiger partial charge is 0.387 e. The van der Waals surface area contributed by atoms with Crippen LogP contribution >= 0.6 is 0 Å². The first-order valence-electron chi connectivity index (χ1n) is 5.87. The number of alkyl halides is 2. The van der Waals surface area contributed by atoms with Crippen molar-refractivity contribution < 1.29 is 18.3 Å². The van der Waals surface area contributed by atoms with Crippen LogP contribution in [0.3, 0.4) is 0 Å². The summed E-state index contributed by atoms with van der Waals surface area (Å²) in [6.45, 7) is -2.42. The minimum Gasteiger partial charge on any atom is -0.435 e. The number of hydrogen-bond donors (Lipinski definition) is 0. The number of hydrogen-bond acceptors (Lipinski definition) is 3. The lowest BCUT2D eigenvalue weighted by Gasteiger charge is -2.19. The summed E-state index contributed by atoms with van der Waals surface area (Å²) in [5, 5.41) is 8.94. The molecule has 1 unspecified atom stereocenters. The van der Waals surface area contributed by atoms with E-state index in [-0.39, 0.29) is 17.2 Å². The van der Waals surface area contributed by atoms with Gasteiger partial charge in [0.05, 0.1) is 6.07 Å². The number of carbonyl (C=O) groups is 1. The van der Waals surface area contributed by atoms with Crippen molar-refractivity contribution in [3.8, 4) is 11.8 Å². The summed E-state index contributed by atoms with van der Waals surface area (Å²) in [6.07, 6.45) is 1.42. The summed E-state index contributed by atoms with van der Waals surface area (Å²) in [5.74, 6) is -0.391. The number of likely N-dealkylation sites (tertiary alicyclic amines) is 1. The van der Waals surface area contributed by atoms with Gasteiger partial charge in [-0.1, -0.05) is 6.07 Å². The first-order valence-corrected chi connectivity index (χ1v) is 5.87. The number of carbonyl (C=O) groups excluding carboxylic acids is 1. The zero-order chi connectivity index (χ0) is 13.8. The summed E-state index contributed by atoms with van der Waals surface area (Å²) in [5.41, 5.74) is 0.250. The van der Waals surface area contributed by atoms with Crippen LogP contribution in [-0.4, -0.2) is 30.0 Å². The van der Waals surface area contributed by atoms with Gasteiger partial charge in [0.15, 0.2) is 0 Å². The second-order valence-electron chi connectivity index (χ2n) is 4.19. The highest BCUT2D eigenvalue weighted by molar-refractivity contribution is 5.95. The van der Waals surface area contributed by atoms with Crippen LogP contribution in [0.4, 0.5) is 8.78 Å². The molecule has 0 radical (unpaired) electrons. The van der Waals surface area contributed by atoms with E-state index in [2.05, 4.69) is 10.8 Å². The molecule has 4 nitrogen and oxygen atoms in total. The molecule has 0 aliphatic carbocycles. The molecule has 0 aromatic heterocycles. The van der Waals surface area contributed by atoms with Crippen molar-refractivity contribution in [1.82, 2.24) is 4.90 Å². The fraction of sp³-hybridized carbons (Fsp3) is 0.385. The normalized spacial score (nSPS) is 18.4. The van der Waals surface area contributed by atoms with Gasteiger partial charge >= 0.3 is 6.61 Å². The van der Waals surface area contributed by atoms with Crippen molar-refractivity contribution in [1.29, 1.82) is 5.26 Å². The van der Waals surface area contributed by atoms with Gasteiger partial charge in [0.1, 0.15) is 11.8 Å². The number of nitriles is 1. The Labute approximate surface area is 109 Å². The molecular formula is C13H12F2N2O2. The number of halogens is 2. The van der Waals surface area contributed by atoms with Crippen LogP contribution in [0.25, 0.3) is 0 Å². The number of ether oxygens (including phenoxy) is 1. The third-order valence-electron chi connectivity index (χ3n) is 2.97. The van der Waals surface area contributed by atoms with Gasteiger partial charge in [-0.25, -0.2) is 0 Å². The maximum Gasteiger partial charge on any atom is 0.387 e. The molecule has 1 aromatic rings. The predicted molar refractivity (Wildman–Crippen MR) is 62.7 cm³/mol. The Hall–Kier alpha value is -2.16. The molecule has 19 heavy (non-hydrogen) atoms. The molecule has 0 N–H and O–H groups in total. The fourth-order valence-corrected chi connectivity index (χ4v) is 2.12. The van der Waals surface area contributed by atoms with E-state index < -0.39 is 12.7 Å². The third-order valence-corrected chi connectivity index (χ3v) is 2.97. The van der Waals surface area contributed by atoms with Crippen LogP contribution in [0, 0.1) is 11.3 Å². The Kier molecular flexibility index (Phi) is 3.95. The molecule has 100 valence electrons. The van der Waals surface area contributed by atoms with Crippen molar-refractivity contribution in [3.05, 3.63) is 29.8 Å². The Bertz CT molecular complexity index is 514. The molecule has 1 aliphatic rings. The van der Waals surface area contributed by atoms with E-state index in [1.165, 1.54) is 29.2 Å². The molecule has 1 atom stereocenters. The van der Waals surface area contributed by atoms with Gasteiger partial charge < -0.3 is 9.64 Å². The van der Waals surface area contributed by atoms with Crippen LogP contribution in [0.2, 0.25) is 0 Å². The zero-order valence-corrected chi connectivity index (χ0v) is 10.1. The molecule has 0 saturated carbocycles. The van der Waals surface area contributed by atoms with Crippen LogP contribution < -0.4 is 4.74 Å². The lowest BCUT2D eigenvalue weighted by Crippen LogP contribution is -2.34. The van der Waals surface area contributed by atoms with Gasteiger partial charge in [-0.3, -0.25) is 4.79 Å². The van der Waals surface area contributed by atoms with Crippen LogP contribution in [-0.2, 0) is 0 Å². The molecular weight excluding hydrogens is 254 g/mol. The Morgan fingerprint density at radius 1 is 1.53 bits per heavy atom. The zero-order valence-electron chi connectivity index (χ0n) is 10.1. The quantitative estimate of drug-likeness (QED) is 0.844. The van der Waals surface area contributed by atoms with Crippen molar-refractivity contribution in [2.75, 3.05) is 6.54 Å². The number of amides is 1. The van der Waals surface area contributed by atoms with Gasteiger partial charge in [-0.2, -0.15) is 14.0 Å². The Balaban J connectivity index is 2.17. The van der Waals surface area contributed by atoms with E-state index in [1.54, 1.807) is 0 Å². The van der Waals surface area contributed by atoms with Gasteiger partial charge in [-0.05, 0) is 31.0 Å². The van der Waals surface area contributed by atoms with E-state index in [0.29, 0.717) is 13.0 Å². The van der Waals surface area contributed by atoms with Crippen LogP contribution in [0.15, 0.2) is 24.3 Å². The first-order chi connectivity index (χ1) is 9.11. The fourth-order valence-electron chi connectivity index (χ4n) is 2.12. The average Bonchev–Trinajstić information content (AvgIpc) is 2.85. The van der Waals surface area contributed by atoms with Crippen molar-refractivity contribution >= 4 is 5.91 Å². The minimum atomic E-state index is -2.93. The molecule has 2 rings (SSSR count). The third kappa shape index (κ3) is 2.99. The van der Waals surface area contributed by atoms with Crippen molar-refractivity contribution in [2.45, 2.75) is 25.5 Å². The van der Waals surface area contributed by atoms with Crippen molar-refractivity contribution in [3.63, 3.8) is 0 Å². The summed E-state index contributed by atoms with van der Waals surface area (Å²) in [6, 6.07) is 7.24. The number of benzene rings is 1. The molecule has 6 heteroatoms. The van der Waals surface area contributed by atoms with E-state index in [1.807, 2.05) is 0 Å². The van der Waals surface area contributed by atoms with E-state index in [0.717, 1.165) is 6.42 Å². The highest BCUT2D eigenvalue weighted by Crippen LogP contribution is 2.22. The molecule has 1 amide bonds. The SMILES string of the molecule is N#CC1CCCN1C(=O)c1cccc(OC(F)F)c1. The molecule has 1 heterocycles. The molecule has 0 bridgehead atoms. The lowest BCUT2D eigenvalue weighted by molar-refractivity contribution is -0.0499. The monoisotopic (exact) mass is 266 g/mol. The lowest BCUT2D eigenvalue weighted by atomic mass is 10.1. The predicted octanol–water partition coefficient (Wildman–Crippen LogP) is 2.42. The number of nitrogens with zero attached hydrogens (tertiary/aromatic N) is 2. The average molecular weight is 266 g/mol. The largest absolute Gasteiger partial charge is 0.435 e. The van der Waals surface area contributed by atoms with Gasteiger partial charge in [0.2, 0.25) is 0 Å². The topological polar surface area (TPSA) is 53.3 Å². The summed E-state index contributed by atoms with van der Waals surface area (Å²) in [7, 11) is 0. The maximum atomic E-state index is 12.2. The van der Waals surface area contributed by atoms with E-state index in [4.69, 9.17) is 5.26 Å². The Morgan fingerprint density at radius 2 is 2.32 bits per heavy atom. The summed E-state index contributed by atoms with van der Waals surface area (Å²) >= 11 is 0. The molecule has 1 fully saturated rings. The summed E-state index contributed by atoms with van der Waals surface area (Å²) < 4.78 is 28.5. The Morgan fingerprint density at radius 3 is 3.00 bits per heavy atom. The minimum absolute atomic E-state index is 0.0615. The van der Waals surface area contributed by atoms with E-state index in [9.17, 15) is 13.6 Å². The molecule has 1 aromatic carbocycles. The van der Waals surface area contributed by atoms with E-state index >= 15 is 0 Å². The molecule has 0 spiro atoms. The molecule has 1 saturated heterocycles. The van der Waals surface area contributed by atoms with Gasteiger partial charge in [0, 0.05) is 12.1 Å². The maximum absolute atomic E-state index is 12.2. The molecule has 1 aliphatic heterocycles. The summed E-state index contributed by atoms with van der Waals surface area (Å²) in [4.78, 5) is 13.6. The van der Waals surface area contributed by atoms with Crippen LogP contribution in [0.5, 0.6) is 5.75 Å². The van der Waals surface area contributed by atoms with Crippen LogP contribution in [0.1, 0.15) is 23.2 Å². The highest BCUT2D eigenvalue weighted by Gasteiger charge is 2.29.